The summed E-state index contributed by atoms with van der Waals surface area (Å²) >= 11 is 1.31. The molecule has 2 aromatic rings. The molecule has 0 saturated heterocycles. The maximum atomic E-state index is 12.3. The van der Waals surface area contributed by atoms with Crippen LogP contribution in [0.15, 0.2) is 29.6 Å². The number of benzene rings is 1. The van der Waals surface area contributed by atoms with Crippen LogP contribution < -0.4 is 15.4 Å². The van der Waals surface area contributed by atoms with Gasteiger partial charge in [0.25, 0.3) is 0 Å². The number of hydrogen-bond donors (Lipinski definition) is 2. The second-order valence-corrected chi connectivity index (χ2v) is 7.07. The van der Waals surface area contributed by atoms with Crippen LogP contribution in [-0.4, -0.2) is 23.4 Å². The van der Waals surface area contributed by atoms with Crippen LogP contribution in [-0.2, 0) is 16.0 Å². The first kappa shape index (κ1) is 19.9. The van der Waals surface area contributed by atoms with Gasteiger partial charge in [0.2, 0.25) is 11.8 Å². The molecule has 7 heteroatoms. The van der Waals surface area contributed by atoms with Gasteiger partial charge in [-0.05, 0) is 18.6 Å². The Morgan fingerprint density at radius 3 is 2.73 bits per heavy atom. The highest BCUT2D eigenvalue weighted by Gasteiger charge is 2.13. The Morgan fingerprint density at radius 1 is 1.23 bits per heavy atom. The molecule has 140 valence electrons. The molecule has 0 saturated carbocycles. The first-order chi connectivity index (χ1) is 12.5. The van der Waals surface area contributed by atoms with Crippen molar-refractivity contribution >= 4 is 34.0 Å². The molecule has 0 aliphatic rings. The zero-order valence-corrected chi connectivity index (χ0v) is 16.2. The lowest BCUT2D eigenvalue weighted by Gasteiger charge is -2.11. The predicted octanol–water partition coefficient (Wildman–Crippen LogP) is 4.10. The number of hydrogen-bond acceptors (Lipinski definition) is 5. The highest BCUT2D eigenvalue weighted by Crippen LogP contribution is 2.24. The minimum atomic E-state index is -0.177. The Kier molecular flexibility index (Phi) is 7.59. The molecular formula is C19H25N3O3S. The van der Waals surface area contributed by atoms with Gasteiger partial charge in [-0.25, -0.2) is 4.98 Å². The molecule has 1 heterocycles. The van der Waals surface area contributed by atoms with Crippen molar-refractivity contribution in [3.8, 4) is 5.75 Å². The van der Waals surface area contributed by atoms with Crippen molar-refractivity contribution < 1.29 is 14.3 Å². The molecule has 0 atom stereocenters. The summed E-state index contributed by atoms with van der Waals surface area (Å²) in [6, 6.07) is 7.38. The maximum absolute atomic E-state index is 12.3. The van der Waals surface area contributed by atoms with Gasteiger partial charge in [-0.1, -0.05) is 39.3 Å². The van der Waals surface area contributed by atoms with E-state index in [4.69, 9.17) is 4.74 Å². The number of carbonyl (C=O) groups is 2. The average molecular weight is 375 g/mol. The molecule has 0 bridgehead atoms. The number of aromatic nitrogens is 1. The van der Waals surface area contributed by atoms with E-state index < -0.39 is 0 Å². The molecule has 0 unspecified atom stereocenters. The molecule has 2 amide bonds. The number of thiazole rings is 1. The molecule has 2 N–H and O–H groups in total. The lowest BCUT2D eigenvalue weighted by molar-refractivity contribution is -0.119. The fourth-order valence-electron chi connectivity index (χ4n) is 2.08. The van der Waals surface area contributed by atoms with Crippen LogP contribution in [0.4, 0.5) is 10.8 Å². The third-order valence-electron chi connectivity index (χ3n) is 3.56. The summed E-state index contributed by atoms with van der Waals surface area (Å²) in [4.78, 5) is 28.3. The molecule has 0 spiro atoms. The molecule has 1 aromatic carbocycles. The quantitative estimate of drug-likeness (QED) is 0.647. The third kappa shape index (κ3) is 6.15. The minimum absolute atomic E-state index is 0.0893. The Labute approximate surface area is 158 Å². The molecular weight excluding hydrogens is 350 g/mol. The smallest absolute Gasteiger partial charge is 0.230 e. The topological polar surface area (TPSA) is 80.3 Å². The summed E-state index contributed by atoms with van der Waals surface area (Å²) in [5.41, 5.74) is 1.27. The lowest BCUT2D eigenvalue weighted by Crippen LogP contribution is -2.18. The number of anilines is 2. The normalized spacial score (nSPS) is 10.6. The minimum Gasteiger partial charge on any atom is -0.491 e. The highest BCUT2D eigenvalue weighted by atomic mass is 32.1. The van der Waals surface area contributed by atoms with Crippen LogP contribution in [0.3, 0.4) is 0 Å². The van der Waals surface area contributed by atoms with Crippen molar-refractivity contribution in [1.29, 1.82) is 0 Å². The van der Waals surface area contributed by atoms with Crippen molar-refractivity contribution in [2.45, 2.75) is 40.0 Å². The molecule has 2 rings (SSSR count). The Balaban J connectivity index is 1.93. The monoisotopic (exact) mass is 375 g/mol. The molecule has 26 heavy (non-hydrogen) atoms. The van der Waals surface area contributed by atoms with Crippen molar-refractivity contribution in [2.75, 3.05) is 17.2 Å². The van der Waals surface area contributed by atoms with Crippen LogP contribution >= 0.6 is 11.3 Å². The number of nitrogens with one attached hydrogen (secondary N) is 2. The van der Waals surface area contributed by atoms with E-state index >= 15 is 0 Å². The molecule has 0 aliphatic carbocycles. The van der Waals surface area contributed by atoms with Crippen LogP contribution in [0.25, 0.3) is 0 Å². The van der Waals surface area contributed by atoms with Crippen molar-refractivity contribution in [1.82, 2.24) is 4.98 Å². The Hall–Kier alpha value is -2.41. The van der Waals surface area contributed by atoms with Crippen molar-refractivity contribution in [3.63, 3.8) is 0 Å². The van der Waals surface area contributed by atoms with E-state index in [1.165, 1.54) is 11.3 Å². The molecule has 6 nitrogen and oxygen atoms in total. The van der Waals surface area contributed by atoms with Crippen molar-refractivity contribution in [2.24, 2.45) is 5.92 Å². The van der Waals surface area contributed by atoms with E-state index in [1.54, 1.807) is 5.38 Å². The second kappa shape index (κ2) is 9.91. The number of ether oxygens (including phenoxy) is 1. The zero-order chi connectivity index (χ0) is 18.9. The van der Waals surface area contributed by atoms with Gasteiger partial charge >= 0.3 is 0 Å². The van der Waals surface area contributed by atoms with Gasteiger partial charge in [-0.2, -0.15) is 0 Å². The van der Waals surface area contributed by atoms with Gasteiger partial charge in [-0.3, -0.25) is 9.59 Å². The van der Waals surface area contributed by atoms with Gasteiger partial charge < -0.3 is 15.4 Å². The highest BCUT2D eigenvalue weighted by molar-refractivity contribution is 7.13. The van der Waals surface area contributed by atoms with Crippen LogP contribution in [0.1, 0.15) is 39.3 Å². The van der Waals surface area contributed by atoms with Gasteiger partial charge in [0.05, 0.1) is 24.4 Å². The Morgan fingerprint density at radius 2 is 2.00 bits per heavy atom. The summed E-state index contributed by atoms with van der Waals surface area (Å²) in [7, 11) is 0. The zero-order valence-electron chi connectivity index (χ0n) is 15.4. The van der Waals surface area contributed by atoms with Crippen molar-refractivity contribution in [3.05, 3.63) is 35.3 Å². The standard InChI is InChI=1S/C19H25N3O3S/c1-4-5-10-25-16-9-7-6-8-15(16)21-17(23)11-14-12-26-19(20-14)22-18(24)13(2)3/h6-9,12-13H,4-5,10-11H2,1-3H3,(H,21,23)(H,20,22,24). The first-order valence-corrected chi connectivity index (χ1v) is 9.64. The Bertz CT molecular complexity index is 743. The van der Waals surface area contributed by atoms with Crippen LogP contribution in [0.5, 0.6) is 5.75 Å². The molecule has 0 fully saturated rings. The lowest BCUT2D eigenvalue weighted by atomic mass is 10.2. The van der Waals surface area contributed by atoms with Crippen LogP contribution in [0, 0.1) is 5.92 Å². The fraction of sp³-hybridized carbons (Fsp3) is 0.421. The summed E-state index contributed by atoms with van der Waals surface area (Å²) < 4.78 is 5.72. The summed E-state index contributed by atoms with van der Waals surface area (Å²) in [6.45, 7) is 6.35. The number of carbonyl (C=O) groups excluding carboxylic acids is 2. The van der Waals surface area contributed by atoms with Crippen LogP contribution in [0.2, 0.25) is 0 Å². The first-order valence-electron chi connectivity index (χ1n) is 8.76. The van der Waals surface area contributed by atoms with E-state index in [2.05, 4.69) is 22.5 Å². The second-order valence-electron chi connectivity index (χ2n) is 6.21. The van der Waals surface area contributed by atoms with E-state index in [9.17, 15) is 9.59 Å². The van der Waals surface area contributed by atoms with E-state index in [1.807, 2.05) is 38.1 Å². The summed E-state index contributed by atoms with van der Waals surface area (Å²) in [5.74, 6) is 0.282. The van der Waals surface area contributed by atoms with Gasteiger partial charge in [-0.15, -0.1) is 11.3 Å². The molecule has 0 radical (unpaired) electrons. The average Bonchev–Trinajstić information content (AvgIpc) is 3.03. The predicted molar refractivity (Wildman–Crippen MR) is 105 cm³/mol. The molecule has 0 aliphatic heterocycles. The summed E-state index contributed by atoms with van der Waals surface area (Å²) in [6.07, 6.45) is 2.15. The van der Waals surface area contributed by atoms with Gasteiger partial charge in [0.15, 0.2) is 5.13 Å². The summed E-state index contributed by atoms with van der Waals surface area (Å²) in [5, 5.41) is 7.89. The number of amides is 2. The van der Waals surface area contributed by atoms with E-state index in [0.717, 1.165) is 12.8 Å². The fourth-order valence-corrected chi connectivity index (χ4v) is 2.79. The number of rotatable bonds is 9. The third-order valence-corrected chi connectivity index (χ3v) is 4.37. The van der Waals surface area contributed by atoms with E-state index in [-0.39, 0.29) is 24.2 Å². The maximum Gasteiger partial charge on any atom is 0.230 e. The van der Waals surface area contributed by atoms with Gasteiger partial charge in [0.1, 0.15) is 5.75 Å². The van der Waals surface area contributed by atoms with E-state index in [0.29, 0.717) is 28.9 Å². The number of unbranched alkanes of at least 4 members (excludes halogenated alkanes) is 1. The SMILES string of the molecule is CCCCOc1ccccc1NC(=O)Cc1csc(NC(=O)C(C)C)n1. The number of para-hydroxylation sites is 2. The largest absolute Gasteiger partial charge is 0.491 e. The molecule has 1 aromatic heterocycles. The van der Waals surface area contributed by atoms with Gasteiger partial charge in [0, 0.05) is 11.3 Å². The number of nitrogens with zero attached hydrogens (tertiary/aromatic N) is 1.